The molecule has 0 saturated heterocycles. The normalized spacial score (nSPS) is 23.1. The van der Waals surface area contributed by atoms with Gasteiger partial charge in [-0.15, -0.1) is 0 Å². The van der Waals surface area contributed by atoms with Gasteiger partial charge < -0.3 is 11.1 Å². The van der Waals surface area contributed by atoms with E-state index in [4.69, 9.17) is 5.73 Å². The topological polar surface area (TPSA) is 81.2 Å². The molecule has 0 bridgehead atoms. The summed E-state index contributed by atoms with van der Waals surface area (Å²) in [5.41, 5.74) is 8.73. The molecular formula is C14H21N3O2. The summed E-state index contributed by atoms with van der Waals surface area (Å²) in [6.07, 6.45) is 4.03. The Morgan fingerprint density at radius 3 is 2.63 bits per heavy atom. The van der Waals surface area contributed by atoms with E-state index in [1.165, 1.54) is 0 Å². The molecule has 104 valence electrons. The van der Waals surface area contributed by atoms with Crippen LogP contribution in [-0.4, -0.2) is 17.0 Å². The second-order valence-corrected chi connectivity index (χ2v) is 5.48. The number of nitrogens with zero attached hydrogens (tertiary/aromatic N) is 1. The number of aryl methyl sites for hydroxylation is 2. The molecular weight excluding hydrogens is 242 g/mol. The van der Waals surface area contributed by atoms with Crippen LogP contribution in [0.4, 0.5) is 11.4 Å². The highest BCUT2D eigenvalue weighted by Crippen LogP contribution is 2.30. The number of benzene rings is 1. The van der Waals surface area contributed by atoms with Gasteiger partial charge in [0.25, 0.3) is 5.69 Å². The van der Waals surface area contributed by atoms with Crippen molar-refractivity contribution >= 4 is 11.4 Å². The van der Waals surface area contributed by atoms with Crippen LogP contribution in [-0.2, 0) is 0 Å². The summed E-state index contributed by atoms with van der Waals surface area (Å²) < 4.78 is 0. The van der Waals surface area contributed by atoms with Crippen molar-refractivity contribution < 1.29 is 4.92 Å². The summed E-state index contributed by atoms with van der Waals surface area (Å²) in [5.74, 6) is 0. The maximum Gasteiger partial charge on any atom is 0.292 e. The molecule has 2 atom stereocenters. The highest BCUT2D eigenvalue weighted by Gasteiger charge is 2.22. The largest absolute Gasteiger partial charge is 0.377 e. The van der Waals surface area contributed by atoms with Crippen molar-refractivity contribution in [3.8, 4) is 0 Å². The van der Waals surface area contributed by atoms with Crippen LogP contribution >= 0.6 is 0 Å². The summed E-state index contributed by atoms with van der Waals surface area (Å²) in [5, 5.41) is 14.4. The lowest BCUT2D eigenvalue weighted by Crippen LogP contribution is -2.35. The molecule has 2 rings (SSSR count). The summed E-state index contributed by atoms with van der Waals surface area (Å²) in [6, 6.07) is 3.95. The third kappa shape index (κ3) is 3.23. The first-order valence-electron chi connectivity index (χ1n) is 6.75. The predicted octanol–water partition coefficient (Wildman–Crippen LogP) is 2.89. The number of anilines is 1. The van der Waals surface area contributed by atoms with E-state index in [9.17, 15) is 10.1 Å². The molecule has 1 saturated carbocycles. The maximum atomic E-state index is 11.1. The van der Waals surface area contributed by atoms with Crippen molar-refractivity contribution in [1.82, 2.24) is 0 Å². The van der Waals surface area contributed by atoms with E-state index in [2.05, 4.69) is 5.32 Å². The molecule has 5 heteroatoms. The molecule has 5 nitrogen and oxygen atoms in total. The van der Waals surface area contributed by atoms with E-state index in [1.807, 2.05) is 19.9 Å². The first kappa shape index (κ1) is 13.8. The number of hydrogen-bond donors (Lipinski definition) is 2. The fourth-order valence-electron chi connectivity index (χ4n) is 2.65. The van der Waals surface area contributed by atoms with Crippen LogP contribution in [0.5, 0.6) is 0 Å². The fraction of sp³-hybridized carbons (Fsp3) is 0.571. The van der Waals surface area contributed by atoms with Crippen LogP contribution < -0.4 is 11.1 Å². The minimum absolute atomic E-state index is 0.155. The van der Waals surface area contributed by atoms with Gasteiger partial charge in [-0.3, -0.25) is 10.1 Å². The molecule has 0 radical (unpaired) electrons. The number of hydrogen-bond acceptors (Lipinski definition) is 4. The Morgan fingerprint density at radius 2 is 2.00 bits per heavy atom. The first-order chi connectivity index (χ1) is 8.97. The molecule has 0 heterocycles. The van der Waals surface area contributed by atoms with Gasteiger partial charge in [0.05, 0.1) is 4.92 Å². The Hall–Kier alpha value is -1.62. The van der Waals surface area contributed by atoms with Crippen molar-refractivity contribution in [2.75, 3.05) is 5.32 Å². The fourth-order valence-corrected chi connectivity index (χ4v) is 2.65. The van der Waals surface area contributed by atoms with Crippen molar-refractivity contribution in [3.05, 3.63) is 33.4 Å². The van der Waals surface area contributed by atoms with Crippen LogP contribution in [0, 0.1) is 24.0 Å². The third-order valence-corrected chi connectivity index (χ3v) is 3.88. The number of nitro benzene ring substituents is 1. The van der Waals surface area contributed by atoms with Crippen molar-refractivity contribution in [1.29, 1.82) is 0 Å². The quantitative estimate of drug-likeness (QED) is 0.649. The smallest absolute Gasteiger partial charge is 0.292 e. The zero-order chi connectivity index (χ0) is 14.0. The summed E-state index contributed by atoms with van der Waals surface area (Å²) in [4.78, 5) is 10.8. The second kappa shape index (κ2) is 5.57. The van der Waals surface area contributed by atoms with Crippen LogP contribution in [0.3, 0.4) is 0 Å². The zero-order valence-electron chi connectivity index (χ0n) is 11.5. The minimum atomic E-state index is -0.322. The summed E-state index contributed by atoms with van der Waals surface area (Å²) in [7, 11) is 0. The Kier molecular flexibility index (Phi) is 4.04. The average molecular weight is 263 g/mol. The van der Waals surface area contributed by atoms with E-state index in [0.717, 1.165) is 36.8 Å². The Balaban J connectivity index is 2.23. The SMILES string of the molecule is Cc1cc(NC2CCCC(N)C2)c([N+](=O)[O-])cc1C. The standard InChI is InChI=1S/C14H21N3O2/c1-9-6-13(14(17(18)19)7-10(9)2)16-12-5-3-4-11(15)8-12/h6-7,11-12,16H,3-5,8,15H2,1-2H3. The van der Waals surface area contributed by atoms with Gasteiger partial charge in [-0.1, -0.05) is 0 Å². The second-order valence-electron chi connectivity index (χ2n) is 5.48. The first-order valence-corrected chi connectivity index (χ1v) is 6.75. The van der Waals surface area contributed by atoms with Crippen LogP contribution in [0.1, 0.15) is 36.8 Å². The molecule has 1 aromatic rings. The van der Waals surface area contributed by atoms with Gasteiger partial charge >= 0.3 is 0 Å². The minimum Gasteiger partial charge on any atom is -0.377 e. The van der Waals surface area contributed by atoms with E-state index in [1.54, 1.807) is 6.07 Å². The highest BCUT2D eigenvalue weighted by atomic mass is 16.6. The van der Waals surface area contributed by atoms with Crippen molar-refractivity contribution in [2.24, 2.45) is 5.73 Å². The Morgan fingerprint density at radius 1 is 1.32 bits per heavy atom. The zero-order valence-corrected chi connectivity index (χ0v) is 11.5. The van der Waals surface area contributed by atoms with Gasteiger partial charge in [-0.05, 0) is 56.7 Å². The number of nitro groups is 1. The van der Waals surface area contributed by atoms with Crippen molar-refractivity contribution in [2.45, 2.75) is 51.6 Å². The maximum absolute atomic E-state index is 11.1. The summed E-state index contributed by atoms with van der Waals surface area (Å²) in [6.45, 7) is 3.86. The molecule has 2 unspecified atom stereocenters. The van der Waals surface area contributed by atoms with Gasteiger partial charge in [0.15, 0.2) is 0 Å². The Labute approximate surface area is 113 Å². The average Bonchev–Trinajstić information content (AvgIpc) is 2.33. The van der Waals surface area contributed by atoms with E-state index in [0.29, 0.717) is 5.69 Å². The molecule has 1 aliphatic carbocycles. The molecule has 1 aliphatic rings. The van der Waals surface area contributed by atoms with Gasteiger partial charge in [-0.2, -0.15) is 0 Å². The number of nitrogens with one attached hydrogen (secondary N) is 1. The van der Waals surface area contributed by atoms with Crippen LogP contribution in [0.15, 0.2) is 12.1 Å². The van der Waals surface area contributed by atoms with Crippen LogP contribution in [0.25, 0.3) is 0 Å². The lowest BCUT2D eigenvalue weighted by atomic mass is 9.91. The van der Waals surface area contributed by atoms with Crippen molar-refractivity contribution in [3.63, 3.8) is 0 Å². The predicted molar refractivity (Wildman–Crippen MR) is 76.4 cm³/mol. The van der Waals surface area contributed by atoms with E-state index < -0.39 is 0 Å². The van der Waals surface area contributed by atoms with Gasteiger partial charge in [-0.25, -0.2) is 0 Å². The van der Waals surface area contributed by atoms with E-state index >= 15 is 0 Å². The summed E-state index contributed by atoms with van der Waals surface area (Å²) >= 11 is 0. The molecule has 1 fully saturated rings. The molecule has 0 aliphatic heterocycles. The van der Waals surface area contributed by atoms with Gasteiger partial charge in [0.1, 0.15) is 5.69 Å². The molecule has 0 amide bonds. The van der Waals surface area contributed by atoms with E-state index in [-0.39, 0.29) is 22.7 Å². The molecule has 0 aromatic heterocycles. The van der Waals surface area contributed by atoms with Gasteiger partial charge in [0.2, 0.25) is 0 Å². The lowest BCUT2D eigenvalue weighted by Gasteiger charge is -2.28. The lowest BCUT2D eigenvalue weighted by molar-refractivity contribution is -0.384. The van der Waals surface area contributed by atoms with Crippen LogP contribution in [0.2, 0.25) is 0 Å². The molecule has 19 heavy (non-hydrogen) atoms. The molecule has 0 spiro atoms. The molecule has 1 aromatic carbocycles. The number of rotatable bonds is 3. The monoisotopic (exact) mass is 263 g/mol. The molecule has 3 N–H and O–H groups in total. The third-order valence-electron chi connectivity index (χ3n) is 3.88. The number of nitrogens with two attached hydrogens (primary N) is 1. The van der Waals surface area contributed by atoms with Gasteiger partial charge in [0, 0.05) is 18.2 Å². The Bertz CT molecular complexity index is 488. The highest BCUT2D eigenvalue weighted by molar-refractivity contribution is 5.65.